The first-order valence-corrected chi connectivity index (χ1v) is 19.3. The first-order chi connectivity index (χ1) is 25.8. The topological polar surface area (TPSA) is 141 Å². The molecule has 5 rings (SSSR count). The van der Waals surface area contributed by atoms with Crippen molar-refractivity contribution in [3.8, 4) is 23.0 Å². The van der Waals surface area contributed by atoms with Crippen LogP contribution in [0.15, 0.2) is 29.8 Å². The van der Waals surface area contributed by atoms with E-state index in [4.69, 9.17) is 30.5 Å². The molecule has 1 saturated heterocycles. The van der Waals surface area contributed by atoms with Crippen LogP contribution < -0.4 is 14.8 Å². The van der Waals surface area contributed by atoms with Gasteiger partial charge in [0, 0.05) is 36.4 Å². The van der Waals surface area contributed by atoms with E-state index < -0.39 is 18.2 Å². The molecule has 13 heteroatoms. The van der Waals surface area contributed by atoms with Gasteiger partial charge in [-0.2, -0.15) is 0 Å². The lowest BCUT2D eigenvalue weighted by molar-refractivity contribution is -0.118. The SMILES string of the molecule is [C-]#[N+]c1c(C(=O)OC2C(C=C(C)C)CC(C(C)(C)C)CC2C(C)(C)C)c2nc(-c3ccc(OCC)c(NC(=O)C(C)C)c3)[nH]n2c1OC(=O)N1CCOCC1. The lowest BCUT2D eigenvalue weighted by Crippen LogP contribution is -2.47. The Morgan fingerprint density at radius 3 is 2.36 bits per heavy atom. The van der Waals surface area contributed by atoms with E-state index in [0.717, 1.165) is 18.4 Å². The van der Waals surface area contributed by atoms with Crippen molar-refractivity contribution in [2.24, 2.45) is 34.5 Å². The first-order valence-electron chi connectivity index (χ1n) is 19.3. The number of H-pyrrole nitrogens is 1. The van der Waals surface area contributed by atoms with E-state index in [0.29, 0.717) is 61.7 Å². The standard InChI is InChI=1S/C42H58N6O7/c1-13-53-31-15-14-26(22-30(31)44-37(49)25(4)5)35-45-36-32(33(43-12)38(48(36)46-35)55-40(51)47-16-18-52-19-17-47)39(50)54-34-27(20-24(2)3)21-28(41(6,7)8)23-29(34)42(9,10)11/h14-15,20,22,25,27-29,34H,13,16-19,21,23H2,1-11H3,(H,44,49)(H,45,46). The molecule has 2 amide bonds. The highest BCUT2D eigenvalue weighted by atomic mass is 16.6. The molecule has 2 aliphatic rings. The number of hydrogen-bond acceptors (Lipinski definition) is 8. The molecule has 4 atom stereocenters. The van der Waals surface area contributed by atoms with Gasteiger partial charge in [-0.05, 0) is 68.6 Å². The number of aromatic nitrogens is 3. The maximum Gasteiger partial charge on any atom is 0.415 e. The van der Waals surface area contributed by atoms with Crippen LogP contribution in [0.4, 0.5) is 16.2 Å². The number of benzene rings is 1. The molecule has 1 aliphatic heterocycles. The van der Waals surface area contributed by atoms with Gasteiger partial charge in [-0.1, -0.05) is 67.0 Å². The van der Waals surface area contributed by atoms with Gasteiger partial charge < -0.3 is 29.2 Å². The molecule has 2 N–H and O–H groups in total. The van der Waals surface area contributed by atoms with E-state index in [2.05, 4.69) is 76.7 Å². The number of morpholine rings is 1. The van der Waals surface area contributed by atoms with Gasteiger partial charge in [0.25, 0.3) is 5.69 Å². The van der Waals surface area contributed by atoms with Gasteiger partial charge in [0.2, 0.25) is 11.8 Å². The summed E-state index contributed by atoms with van der Waals surface area (Å²) in [4.78, 5) is 51.0. The summed E-state index contributed by atoms with van der Waals surface area (Å²) in [6.45, 7) is 32.9. The van der Waals surface area contributed by atoms with Crippen molar-refractivity contribution in [2.75, 3.05) is 38.2 Å². The zero-order valence-electron chi connectivity index (χ0n) is 34.3. The van der Waals surface area contributed by atoms with Crippen molar-refractivity contribution in [2.45, 2.75) is 95.1 Å². The molecule has 1 aliphatic carbocycles. The van der Waals surface area contributed by atoms with Gasteiger partial charge in [0.1, 0.15) is 17.4 Å². The van der Waals surface area contributed by atoms with E-state index in [1.165, 1.54) is 9.42 Å². The molecule has 0 spiro atoms. The molecule has 3 aromatic rings. The molecule has 2 fully saturated rings. The van der Waals surface area contributed by atoms with Crippen molar-refractivity contribution < 1.29 is 33.3 Å². The largest absolute Gasteiger partial charge is 0.492 e. The number of rotatable bonds is 9. The van der Waals surface area contributed by atoms with Crippen LogP contribution in [0.25, 0.3) is 21.9 Å². The fraction of sp³-hybridized carbons (Fsp3) is 0.595. The smallest absolute Gasteiger partial charge is 0.415 e. The zero-order valence-corrected chi connectivity index (χ0v) is 34.3. The van der Waals surface area contributed by atoms with Crippen LogP contribution in [0.5, 0.6) is 11.6 Å². The molecule has 1 saturated carbocycles. The molecular formula is C42H58N6O7. The number of hydrogen-bond donors (Lipinski definition) is 2. The number of carbonyl (C=O) groups is 3. The van der Waals surface area contributed by atoms with Crippen molar-refractivity contribution in [1.82, 2.24) is 19.5 Å². The number of nitrogens with zero attached hydrogens (tertiary/aromatic N) is 4. The number of ether oxygens (including phenoxy) is 4. The molecule has 3 heterocycles. The average molecular weight is 759 g/mol. The van der Waals surface area contributed by atoms with Crippen LogP contribution >= 0.6 is 0 Å². The number of nitrogens with one attached hydrogen (secondary N) is 2. The fourth-order valence-electron chi connectivity index (χ4n) is 7.51. The summed E-state index contributed by atoms with van der Waals surface area (Å²) < 4.78 is 25.1. The van der Waals surface area contributed by atoms with E-state index in [-0.39, 0.29) is 57.3 Å². The minimum Gasteiger partial charge on any atom is -0.492 e. The van der Waals surface area contributed by atoms with E-state index >= 15 is 0 Å². The highest BCUT2D eigenvalue weighted by molar-refractivity contribution is 6.05. The van der Waals surface area contributed by atoms with E-state index in [1.54, 1.807) is 32.0 Å². The number of aromatic amines is 1. The summed E-state index contributed by atoms with van der Waals surface area (Å²) in [5.41, 5.74) is 1.80. The molecule has 13 nitrogen and oxygen atoms in total. The molecule has 1 aromatic carbocycles. The Bertz CT molecular complexity index is 1960. The third kappa shape index (κ3) is 9.18. The summed E-state index contributed by atoms with van der Waals surface area (Å²) in [5, 5.41) is 6.09. The lowest BCUT2D eigenvalue weighted by atomic mass is 9.59. The molecule has 0 radical (unpaired) electrons. The molecule has 2 aromatic heterocycles. The molecule has 0 bridgehead atoms. The van der Waals surface area contributed by atoms with Gasteiger partial charge in [-0.25, -0.2) is 23.9 Å². The van der Waals surface area contributed by atoms with Crippen LogP contribution in [-0.2, 0) is 14.3 Å². The fourth-order valence-corrected chi connectivity index (χ4v) is 7.51. The Morgan fingerprint density at radius 1 is 1.09 bits per heavy atom. The van der Waals surface area contributed by atoms with Crippen LogP contribution in [-0.4, -0.2) is 76.5 Å². The molecule has 4 unspecified atom stereocenters. The third-order valence-corrected chi connectivity index (χ3v) is 10.7. The summed E-state index contributed by atoms with van der Waals surface area (Å²) in [6, 6.07) is 5.23. The van der Waals surface area contributed by atoms with Gasteiger partial charge in [-0.15, -0.1) is 0 Å². The van der Waals surface area contributed by atoms with Crippen LogP contribution in [0.3, 0.4) is 0 Å². The van der Waals surface area contributed by atoms with Crippen LogP contribution in [0.2, 0.25) is 0 Å². The lowest BCUT2D eigenvalue weighted by Gasteiger charge is -2.49. The van der Waals surface area contributed by atoms with Gasteiger partial charge in [0.05, 0.1) is 32.1 Å². The predicted molar refractivity (Wildman–Crippen MR) is 212 cm³/mol. The number of fused-ring (bicyclic) bond motifs is 1. The summed E-state index contributed by atoms with van der Waals surface area (Å²) >= 11 is 0. The summed E-state index contributed by atoms with van der Waals surface area (Å²) in [7, 11) is 0. The number of anilines is 1. The van der Waals surface area contributed by atoms with Crippen molar-refractivity contribution in [3.63, 3.8) is 0 Å². The van der Waals surface area contributed by atoms with Gasteiger partial charge >= 0.3 is 12.1 Å². The van der Waals surface area contributed by atoms with Gasteiger partial charge in [0.15, 0.2) is 11.5 Å². The van der Waals surface area contributed by atoms with Crippen LogP contribution in [0, 0.1) is 41.1 Å². The normalized spacial score (nSPS) is 20.5. The maximum atomic E-state index is 14.7. The summed E-state index contributed by atoms with van der Waals surface area (Å²) in [5.74, 6) is -0.204. The third-order valence-electron chi connectivity index (χ3n) is 10.7. The second-order valence-electron chi connectivity index (χ2n) is 17.4. The Balaban J connectivity index is 1.64. The predicted octanol–water partition coefficient (Wildman–Crippen LogP) is 8.93. The Labute approximate surface area is 324 Å². The highest BCUT2D eigenvalue weighted by Crippen LogP contribution is 2.51. The quantitative estimate of drug-likeness (QED) is 0.125. The molecule has 298 valence electrons. The van der Waals surface area contributed by atoms with E-state index in [1.807, 2.05) is 6.92 Å². The maximum absolute atomic E-state index is 14.7. The van der Waals surface area contributed by atoms with Gasteiger partial charge in [-0.3, -0.25) is 9.89 Å². The number of allylic oxidation sites excluding steroid dienone is 1. The highest BCUT2D eigenvalue weighted by Gasteiger charge is 2.47. The Kier molecular flexibility index (Phi) is 12.4. The molecule has 55 heavy (non-hydrogen) atoms. The first kappa shape index (κ1) is 41.3. The monoisotopic (exact) mass is 758 g/mol. The minimum absolute atomic E-state index is 0.0150. The van der Waals surface area contributed by atoms with E-state index in [9.17, 15) is 14.4 Å². The van der Waals surface area contributed by atoms with Crippen molar-refractivity contribution in [3.05, 3.63) is 46.8 Å². The van der Waals surface area contributed by atoms with Crippen molar-refractivity contribution in [1.29, 1.82) is 0 Å². The molecular weight excluding hydrogens is 700 g/mol. The second-order valence-corrected chi connectivity index (χ2v) is 17.4. The number of carbonyl (C=O) groups excluding carboxylic acids is 3. The zero-order chi connectivity index (χ0) is 40.4. The van der Waals surface area contributed by atoms with Crippen LogP contribution in [0.1, 0.15) is 99.4 Å². The Morgan fingerprint density at radius 2 is 1.78 bits per heavy atom. The van der Waals surface area contributed by atoms with Crippen molar-refractivity contribution >= 4 is 35.0 Å². The number of esters is 1. The average Bonchev–Trinajstić information content (AvgIpc) is 3.66. The minimum atomic E-state index is -0.715. The number of amides is 2. The summed E-state index contributed by atoms with van der Waals surface area (Å²) in [6.07, 6.45) is 2.78. The Hall–Kier alpha value is -4.83. The second kappa shape index (κ2) is 16.5.